The molecule has 1 N–H and O–H groups in total. The maximum absolute atomic E-state index is 11.9. The van der Waals surface area contributed by atoms with Crippen LogP contribution in [0.4, 0.5) is 13.2 Å². The fraction of sp³-hybridized carbons (Fsp3) is 0.455. The maximum atomic E-state index is 11.9. The van der Waals surface area contributed by atoms with Gasteiger partial charge in [0.15, 0.2) is 6.61 Å². The summed E-state index contributed by atoms with van der Waals surface area (Å²) in [5.74, 6) is 0.0459. The quantitative estimate of drug-likeness (QED) is 0.867. The SMILES string of the molecule is CC(CO)c1cccc(OCC(F)(F)F)c1. The maximum Gasteiger partial charge on any atom is 0.422 e. The Morgan fingerprint density at radius 3 is 2.62 bits per heavy atom. The summed E-state index contributed by atoms with van der Waals surface area (Å²) in [4.78, 5) is 0. The Balaban J connectivity index is 2.68. The van der Waals surface area contributed by atoms with Crippen molar-refractivity contribution in [2.24, 2.45) is 0 Å². The van der Waals surface area contributed by atoms with Crippen LogP contribution in [-0.2, 0) is 0 Å². The zero-order valence-electron chi connectivity index (χ0n) is 8.79. The highest BCUT2D eigenvalue weighted by Gasteiger charge is 2.28. The van der Waals surface area contributed by atoms with Crippen LogP contribution in [0.5, 0.6) is 5.75 Å². The fourth-order valence-electron chi connectivity index (χ4n) is 1.18. The van der Waals surface area contributed by atoms with Crippen LogP contribution in [0.3, 0.4) is 0 Å². The predicted molar refractivity (Wildman–Crippen MR) is 53.5 cm³/mol. The zero-order valence-corrected chi connectivity index (χ0v) is 8.79. The second-order valence-electron chi connectivity index (χ2n) is 3.56. The average molecular weight is 234 g/mol. The van der Waals surface area contributed by atoms with Gasteiger partial charge < -0.3 is 9.84 Å². The molecule has 0 aliphatic heterocycles. The third-order valence-corrected chi connectivity index (χ3v) is 2.10. The fourth-order valence-corrected chi connectivity index (χ4v) is 1.18. The Morgan fingerprint density at radius 1 is 1.38 bits per heavy atom. The van der Waals surface area contributed by atoms with E-state index < -0.39 is 12.8 Å². The Labute approximate surface area is 91.7 Å². The molecule has 0 aliphatic rings. The predicted octanol–water partition coefficient (Wildman–Crippen LogP) is 2.72. The number of rotatable bonds is 4. The number of hydrogen-bond donors (Lipinski definition) is 1. The molecule has 1 atom stereocenters. The van der Waals surface area contributed by atoms with Crippen LogP contribution in [0.25, 0.3) is 0 Å². The van der Waals surface area contributed by atoms with Crippen molar-refractivity contribution in [3.8, 4) is 5.75 Å². The van der Waals surface area contributed by atoms with Gasteiger partial charge in [-0.3, -0.25) is 0 Å². The summed E-state index contributed by atoms with van der Waals surface area (Å²) in [6, 6.07) is 6.31. The van der Waals surface area contributed by atoms with Crippen molar-refractivity contribution in [1.82, 2.24) is 0 Å². The van der Waals surface area contributed by atoms with Gasteiger partial charge in [-0.05, 0) is 17.7 Å². The molecule has 16 heavy (non-hydrogen) atoms. The first-order chi connectivity index (χ1) is 7.42. The lowest BCUT2D eigenvalue weighted by Crippen LogP contribution is -2.19. The number of aliphatic hydroxyl groups is 1. The van der Waals surface area contributed by atoms with Gasteiger partial charge in [0.05, 0.1) is 0 Å². The Hall–Kier alpha value is -1.23. The van der Waals surface area contributed by atoms with Crippen molar-refractivity contribution in [1.29, 1.82) is 0 Å². The first kappa shape index (κ1) is 12.8. The number of ether oxygens (including phenoxy) is 1. The third-order valence-electron chi connectivity index (χ3n) is 2.10. The van der Waals surface area contributed by atoms with Crippen LogP contribution >= 0.6 is 0 Å². The lowest BCUT2D eigenvalue weighted by Gasteiger charge is -2.12. The van der Waals surface area contributed by atoms with Gasteiger partial charge in [0.25, 0.3) is 0 Å². The molecule has 0 aromatic heterocycles. The minimum atomic E-state index is -4.33. The first-order valence-electron chi connectivity index (χ1n) is 4.83. The second-order valence-corrected chi connectivity index (χ2v) is 3.56. The highest BCUT2D eigenvalue weighted by Crippen LogP contribution is 2.22. The van der Waals surface area contributed by atoms with Gasteiger partial charge in [-0.1, -0.05) is 19.1 Å². The molecule has 1 aromatic carbocycles. The van der Waals surface area contributed by atoms with E-state index in [0.717, 1.165) is 5.56 Å². The molecule has 0 amide bonds. The molecule has 0 fully saturated rings. The van der Waals surface area contributed by atoms with E-state index in [1.807, 2.05) is 0 Å². The van der Waals surface area contributed by atoms with E-state index in [-0.39, 0.29) is 18.3 Å². The molecule has 1 aromatic rings. The molecule has 0 spiro atoms. The molecular formula is C11H13F3O2. The molecule has 0 bridgehead atoms. The van der Waals surface area contributed by atoms with Crippen LogP contribution in [0.1, 0.15) is 18.4 Å². The van der Waals surface area contributed by atoms with Crippen LogP contribution in [-0.4, -0.2) is 24.5 Å². The topological polar surface area (TPSA) is 29.5 Å². The van der Waals surface area contributed by atoms with E-state index in [1.165, 1.54) is 12.1 Å². The molecule has 0 saturated heterocycles. The van der Waals surface area contributed by atoms with Gasteiger partial charge in [-0.25, -0.2) is 0 Å². The van der Waals surface area contributed by atoms with Crippen LogP contribution in [0, 0.1) is 0 Å². The van der Waals surface area contributed by atoms with Gasteiger partial charge in [-0.2, -0.15) is 13.2 Å². The first-order valence-corrected chi connectivity index (χ1v) is 4.83. The number of benzene rings is 1. The average Bonchev–Trinajstić information content (AvgIpc) is 2.25. The third kappa shape index (κ3) is 4.10. The minimum absolute atomic E-state index is 0.0529. The van der Waals surface area contributed by atoms with Gasteiger partial charge in [0, 0.05) is 12.5 Å². The van der Waals surface area contributed by atoms with Crippen LogP contribution < -0.4 is 4.74 Å². The Morgan fingerprint density at radius 2 is 2.06 bits per heavy atom. The summed E-state index contributed by atoms with van der Waals surface area (Å²) in [6.07, 6.45) is -4.33. The molecule has 90 valence electrons. The molecule has 0 radical (unpaired) electrons. The number of hydrogen-bond acceptors (Lipinski definition) is 2. The van der Waals surface area contributed by atoms with Gasteiger partial charge >= 0.3 is 6.18 Å². The van der Waals surface area contributed by atoms with Gasteiger partial charge in [-0.15, -0.1) is 0 Å². The van der Waals surface area contributed by atoms with E-state index in [1.54, 1.807) is 19.1 Å². The summed E-state index contributed by atoms with van der Waals surface area (Å²) in [7, 11) is 0. The monoisotopic (exact) mass is 234 g/mol. The van der Waals surface area contributed by atoms with Gasteiger partial charge in [0.1, 0.15) is 5.75 Å². The highest BCUT2D eigenvalue weighted by molar-refractivity contribution is 5.30. The second kappa shape index (κ2) is 5.21. The number of alkyl halides is 3. The highest BCUT2D eigenvalue weighted by atomic mass is 19.4. The molecule has 0 heterocycles. The largest absolute Gasteiger partial charge is 0.484 e. The normalized spacial score (nSPS) is 13.6. The summed E-state index contributed by atoms with van der Waals surface area (Å²) < 4.78 is 40.3. The van der Waals surface area contributed by atoms with Crippen molar-refractivity contribution >= 4 is 0 Å². The lowest BCUT2D eigenvalue weighted by molar-refractivity contribution is -0.153. The van der Waals surface area contributed by atoms with E-state index in [4.69, 9.17) is 5.11 Å². The van der Waals surface area contributed by atoms with Crippen LogP contribution in [0.15, 0.2) is 24.3 Å². The van der Waals surface area contributed by atoms with Crippen molar-refractivity contribution in [2.45, 2.75) is 19.0 Å². The summed E-state index contributed by atoms with van der Waals surface area (Å²) >= 11 is 0. The van der Waals surface area contributed by atoms with E-state index in [2.05, 4.69) is 4.74 Å². The van der Waals surface area contributed by atoms with Crippen molar-refractivity contribution < 1.29 is 23.0 Å². The zero-order chi connectivity index (χ0) is 12.2. The van der Waals surface area contributed by atoms with Gasteiger partial charge in [0.2, 0.25) is 0 Å². The van der Waals surface area contributed by atoms with E-state index >= 15 is 0 Å². The van der Waals surface area contributed by atoms with E-state index in [9.17, 15) is 13.2 Å². The minimum Gasteiger partial charge on any atom is -0.484 e. The van der Waals surface area contributed by atoms with Crippen molar-refractivity contribution in [3.05, 3.63) is 29.8 Å². The number of aliphatic hydroxyl groups excluding tert-OH is 1. The number of halogens is 3. The van der Waals surface area contributed by atoms with Crippen molar-refractivity contribution in [2.75, 3.05) is 13.2 Å². The van der Waals surface area contributed by atoms with Crippen LogP contribution in [0.2, 0.25) is 0 Å². The summed E-state index contributed by atoms with van der Waals surface area (Å²) in [5, 5.41) is 8.92. The molecule has 0 saturated carbocycles. The summed E-state index contributed by atoms with van der Waals surface area (Å²) in [5.41, 5.74) is 0.752. The Bertz CT molecular complexity index is 336. The Kier molecular flexibility index (Phi) is 4.18. The molecule has 1 rings (SSSR count). The lowest BCUT2D eigenvalue weighted by atomic mass is 10.0. The molecule has 2 nitrogen and oxygen atoms in total. The molecule has 5 heteroatoms. The van der Waals surface area contributed by atoms with Crippen molar-refractivity contribution in [3.63, 3.8) is 0 Å². The molecular weight excluding hydrogens is 221 g/mol. The smallest absolute Gasteiger partial charge is 0.422 e. The molecule has 0 aliphatic carbocycles. The van der Waals surface area contributed by atoms with E-state index in [0.29, 0.717) is 0 Å². The summed E-state index contributed by atoms with van der Waals surface area (Å²) in [6.45, 7) is 0.426. The standard InChI is InChI=1S/C11H13F3O2/c1-8(6-15)9-3-2-4-10(5-9)16-7-11(12,13)14/h2-5,8,15H,6-7H2,1H3. The molecule has 1 unspecified atom stereocenters.